The average Bonchev–Trinajstić information content (AvgIpc) is 2.22. The van der Waals surface area contributed by atoms with Gasteiger partial charge in [0.05, 0.1) is 11.5 Å². The lowest BCUT2D eigenvalue weighted by atomic mass is 9.95. The van der Waals surface area contributed by atoms with E-state index in [-0.39, 0.29) is 12.8 Å². The van der Waals surface area contributed by atoms with Gasteiger partial charge in [0.1, 0.15) is 15.4 Å². The van der Waals surface area contributed by atoms with E-state index in [4.69, 9.17) is 5.11 Å². The normalized spacial score (nSPS) is 13.5. The Morgan fingerprint density at radius 3 is 1.83 bits per heavy atom. The molecule has 18 heavy (non-hydrogen) atoms. The van der Waals surface area contributed by atoms with Crippen molar-refractivity contribution in [3.05, 3.63) is 0 Å². The first-order valence-corrected chi connectivity index (χ1v) is 9.12. The lowest BCUT2D eigenvalue weighted by Gasteiger charge is -2.27. The fraction of sp³-hybridized carbons (Fsp3) is 0.889. The molecule has 7 nitrogen and oxygen atoms in total. The Morgan fingerprint density at radius 1 is 1.11 bits per heavy atom. The molecule has 2 N–H and O–H groups in total. The monoisotopic (exact) mass is 301 g/mol. The maximum Gasteiger partial charge on any atom is 0.324 e. The summed E-state index contributed by atoms with van der Waals surface area (Å²) < 4.78 is 47.3. The number of sulfonamides is 1. The fourth-order valence-corrected chi connectivity index (χ4v) is 4.51. The molecule has 0 aliphatic rings. The third-order valence-corrected chi connectivity index (χ3v) is 5.34. The number of hydrogen-bond acceptors (Lipinski definition) is 5. The summed E-state index contributed by atoms with van der Waals surface area (Å²) in [6.45, 7) is 3.10. The predicted octanol–water partition coefficient (Wildman–Crippen LogP) is -0.406. The van der Waals surface area contributed by atoms with E-state index in [9.17, 15) is 21.6 Å². The second kappa shape index (κ2) is 5.98. The van der Waals surface area contributed by atoms with E-state index >= 15 is 0 Å². The maximum absolute atomic E-state index is 11.7. The molecule has 0 aromatic carbocycles. The molecule has 9 heteroatoms. The zero-order valence-electron chi connectivity index (χ0n) is 10.6. The van der Waals surface area contributed by atoms with Crippen LogP contribution in [0.5, 0.6) is 0 Å². The van der Waals surface area contributed by atoms with Crippen LogP contribution in [0.1, 0.15) is 26.7 Å². The second-order valence-electron chi connectivity index (χ2n) is 4.15. The molecule has 0 aliphatic heterocycles. The van der Waals surface area contributed by atoms with E-state index in [1.165, 1.54) is 0 Å². The number of aliphatic carboxylic acids is 1. The van der Waals surface area contributed by atoms with Gasteiger partial charge in [-0.2, -0.15) is 4.72 Å². The predicted molar refractivity (Wildman–Crippen MR) is 67.6 cm³/mol. The molecular weight excluding hydrogens is 282 g/mol. The van der Waals surface area contributed by atoms with Crippen molar-refractivity contribution in [2.45, 2.75) is 32.2 Å². The number of hydrogen-bond donors (Lipinski definition) is 2. The zero-order valence-corrected chi connectivity index (χ0v) is 12.3. The summed E-state index contributed by atoms with van der Waals surface area (Å²) in [6, 6.07) is 0. The van der Waals surface area contributed by atoms with Gasteiger partial charge in [0.25, 0.3) is 0 Å². The van der Waals surface area contributed by atoms with Gasteiger partial charge in [-0.3, -0.25) is 4.79 Å². The topological polar surface area (TPSA) is 118 Å². The van der Waals surface area contributed by atoms with Crippen molar-refractivity contribution in [1.82, 2.24) is 4.72 Å². The first-order valence-electron chi connectivity index (χ1n) is 5.41. The average molecular weight is 301 g/mol. The van der Waals surface area contributed by atoms with Gasteiger partial charge in [0.15, 0.2) is 0 Å². The molecule has 0 atom stereocenters. The number of carbonyl (C=O) groups is 1. The quantitative estimate of drug-likeness (QED) is 0.629. The Kier molecular flexibility index (Phi) is 5.76. The Labute approximate surface area is 108 Å². The molecule has 0 unspecified atom stereocenters. The van der Waals surface area contributed by atoms with Crippen LogP contribution in [-0.2, 0) is 24.7 Å². The molecule has 0 saturated carbocycles. The van der Waals surface area contributed by atoms with E-state index in [2.05, 4.69) is 4.72 Å². The van der Waals surface area contributed by atoms with Crippen LogP contribution in [0.2, 0.25) is 0 Å². The third-order valence-electron chi connectivity index (χ3n) is 2.69. The number of carboxylic acid groups (broad SMARTS) is 1. The smallest absolute Gasteiger partial charge is 0.324 e. The van der Waals surface area contributed by atoms with Crippen LogP contribution in [-0.4, -0.2) is 51.2 Å². The van der Waals surface area contributed by atoms with Crippen LogP contribution in [0.15, 0.2) is 0 Å². The van der Waals surface area contributed by atoms with Gasteiger partial charge in [0, 0.05) is 6.26 Å². The maximum atomic E-state index is 11.7. The molecule has 0 fully saturated rings. The van der Waals surface area contributed by atoms with Gasteiger partial charge in [-0.05, 0) is 12.8 Å². The summed E-state index contributed by atoms with van der Waals surface area (Å²) in [5.74, 6) is -2.44. The summed E-state index contributed by atoms with van der Waals surface area (Å²) in [5, 5.41) is 9.07. The Balaban J connectivity index is 5.00. The van der Waals surface area contributed by atoms with Gasteiger partial charge in [0.2, 0.25) is 10.0 Å². The highest BCUT2D eigenvalue weighted by atomic mass is 32.2. The molecule has 0 aromatic rings. The van der Waals surface area contributed by atoms with Crippen LogP contribution in [0.3, 0.4) is 0 Å². The van der Waals surface area contributed by atoms with Gasteiger partial charge < -0.3 is 5.11 Å². The summed E-state index contributed by atoms with van der Waals surface area (Å²) in [4.78, 5) is 11.1. The van der Waals surface area contributed by atoms with Crippen molar-refractivity contribution in [2.24, 2.45) is 0 Å². The third kappa shape index (κ3) is 5.32. The molecule has 108 valence electrons. The van der Waals surface area contributed by atoms with Crippen molar-refractivity contribution >= 4 is 25.8 Å². The van der Waals surface area contributed by atoms with Crippen molar-refractivity contribution in [2.75, 3.05) is 17.8 Å². The Morgan fingerprint density at radius 2 is 1.56 bits per heavy atom. The minimum absolute atomic E-state index is 0.0803. The van der Waals surface area contributed by atoms with Crippen molar-refractivity contribution < 1.29 is 26.7 Å². The molecule has 0 bridgehead atoms. The van der Waals surface area contributed by atoms with Crippen LogP contribution < -0.4 is 4.72 Å². The van der Waals surface area contributed by atoms with E-state index < -0.39 is 42.9 Å². The van der Waals surface area contributed by atoms with E-state index in [0.717, 1.165) is 6.26 Å². The molecule has 0 saturated heterocycles. The van der Waals surface area contributed by atoms with Gasteiger partial charge in [-0.15, -0.1) is 0 Å². The Bertz CT molecular complexity index is 489. The van der Waals surface area contributed by atoms with Crippen molar-refractivity contribution in [3.63, 3.8) is 0 Å². The highest BCUT2D eigenvalue weighted by molar-refractivity contribution is 7.93. The number of rotatable bonds is 8. The molecule has 0 aromatic heterocycles. The van der Waals surface area contributed by atoms with Crippen molar-refractivity contribution in [3.8, 4) is 0 Å². The summed E-state index contributed by atoms with van der Waals surface area (Å²) in [5.41, 5.74) is -1.57. The molecule has 0 radical (unpaired) electrons. The lowest BCUT2D eigenvalue weighted by Crippen LogP contribution is -2.54. The second-order valence-corrected chi connectivity index (χ2v) is 8.25. The van der Waals surface area contributed by atoms with Gasteiger partial charge in [-0.25, -0.2) is 16.8 Å². The lowest BCUT2D eigenvalue weighted by molar-refractivity contribution is -0.144. The molecule has 0 aliphatic carbocycles. The zero-order chi connectivity index (χ0) is 14.6. The first kappa shape index (κ1) is 17.3. The highest BCUT2D eigenvalue weighted by Crippen LogP contribution is 2.17. The van der Waals surface area contributed by atoms with E-state index in [0.29, 0.717) is 0 Å². The van der Waals surface area contributed by atoms with Gasteiger partial charge in [-0.1, -0.05) is 13.8 Å². The number of nitrogens with one attached hydrogen (secondary N) is 1. The van der Waals surface area contributed by atoms with E-state index in [1.54, 1.807) is 13.8 Å². The number of sulfone groups is 1. The largest absolute Gasteiger partial charge is 0.480 e. The van der Waals surface area contributed by atoms with Gasteiger partial charge >= 0.3 is 5.97 Å². The van der Waals surface area contributed by atoms with Crippen molar-refractivity contribution in [1.29, 1.82) is 0 Å². The number of carboxylic acids is 1. The molecule has 0 spiro atoms. The van der Waals surface area contributed by atoms with Crippen LogP contribution in [0.4, 0.5) is 0 Å². The summed E-state index contributed by atoms with van der Waals surface area (Å²) >= 11 is 0. The standard InChI is InChI=1S/C9H19NO6S2/c1-4-9(5-2,8(11)12)10-18(15,16)7-6-17(3,13)14/h10H,4-7H2,1-3H3,(H,11,12). The van der Waals surface area contributed by atoms with Crippen LogP contribution in [0.25, 0.3) is 0 Å². The molecular formula is C9H19NO6S2. The van der Waals surface area contributed by atoms with Crippen LogP contribution >= 0.6 is 0 Å². The summed E-state index contributed by atoms with van der Waals surface area (Å²) in [6.07, 6.45) is 1.08. The Hall–Kier alpha value is -0.670. The molecule has 0 rings (SSSR count). The molecule has 0 amide bonds. The molecule has 0 heterocycles. The first-order chi connectivity index (χ1) is 7.98. The minimum Gasteiger partial charge on any atom is -0.480 e. The fourth-order valence-electron chi connectivity index (χ4n) is 1.35. The van der Waals surface area contributed by atoms with E-state index in [1.807, 2.05) is 0 Å². The SMILES string of the molecule is CCC(CC)(NS(=O)(=O)CCS(C)(=O)=O)C(=O)O. The van der Waals surface area contributed by atoms with Crippen LogP contribution in [0, 0.1) is 0 Å². The summed E-state index contributed by atoms with van der Waals surface area (Å²) in [7, 11) is -7.36. The highest BCUT2D eigenvalue weighted by Gasteiger charge is 2.38. The minimum atomic E-state index is -3.95.